The summed E-state index contributed by atoms with van der Waals surface area (Å²) in [6.45, 7) is 5.71. The van der Waals surface area contributed by atoms with E-state index < -0.39 is 0 Å². The highest BCUT2D eigenvalue weighted by atomic mass is 32.2. The number of rotatable bonds is 7. The summed E-state index contributed by atoms with van der Waals surface area (Å²) in [4.78, 5) is 11.7. The Hall–Kier alpha value is -1.00. The highest BCUT2D eigenvalue weighted by Gasteiger charge is 2.09. The van der Waals surface area contributed by atoms with E-state index in [1.54, 1.807) is 18.7 Å². The second-order valence-corrected chi connectivity index (χ2v) is 6.02. The minimum atomic E-state index is -0.379. The van der Waals surface area contributed by atoms with E-state index in [1.165, 1.54) is 11.1 Å². The Kier molecular flexibility index (Phi) is 6.95. The summed E-state index contributed by atoms with van der Waals surface area (Å²) in [5, 5.41) is 12.1. The molecule has 3 nitrogen and oxygen atoms in total. The van der Waals surface area contributed by atoms with Crippen molar-refractivity contribution in [2.75, 3.05) is 5.75 Å². The fraction of sp³-hybridized carbons (Fsp3) is 0.533. The summed E-state index contributed by atoms with van der Waals surface area (Å²) in [7, 11) is 0. The molecule has 19 heavy (non-hydrogen) atoms. The van der Waals surface area contributed by atoms with Crippen LogP contribution in [-0.4, -0.2) is 28.9 Å². The molecule has 106 valence electrons. The molecule has 0 spiro atoms. The minimum Gasteiger partial charge on any atom is -0.393 e. The Balaban J connectivity index is 2.21. The average Bonchev–Trinajstić information content (AvgIpc) is 2.30. The van der Waals surface area contributed by atoms with Gasteiger partial charge in [-0.2, -0.15) is 0 Å². The lowest BCUT2D eigenvalue weighted by molar-refractivity contribution is -0.119. The molecule has 0 aliphatic rings. The molecule has 0 heterocycles. The Bertz CT molecular complexity index is 390. The summed E-state index contributed by atoms with van der Waals surface area (Å²) in [6, 6.07) is 8.38. The van der Waals surface area contributed by atoms with Crippen molar-refractivity contribution in [1.29, 1.82) is 0 Å². The number of carbonyl (C=O) groups excluding carboxylic acids is 1. The monoisotopic (exact) mass is 281 g/mol. The van der Waals surface area contributed by atoms with E-state index in [-0.39, 0.29) is 18.1 Å². The number of hydrogen-bond acceptors (Lipinski definition) is 3. The zero-order valence-corrected chi connectivity index (χ0v) is 12.7. The van der Waals surface area contributed by atoms with E-state index >= 15 is 0 Å². The molecular formula is C15H23NO2S. The van der Waals surface area contributed by atoms with Crippen LogP contribution >= 0.6 is 11.8 Å². The van der Waals surface area contributed by atoms with Crippen molar-refractivity contribution < 1.29 is 9.90 Å². The van der Waals surface area contributed by atoms with Gasteiger partial charge in [0.2, 0.25) is 5.91 Å². The molecule has 1 aromatic rings. The van der Waals surface area contributed by atoms with Gasteiger partial charge in [0.25, 0.3) is 0 Å². The third-order valence-electron chi connectivity index (χ3n) is 2.72. The van der Waals surface area contributed by atoms with E-state index in [9.17, 15) is 9.90 Å². The normalized spacial score (nSPS) is 13.9. The third-order valence-corrected chi connectivity index (χ3v) is 3.73. The molecule has 0 radical (unpaired) electrons. The second-order valence-electron chi connectivity index (χ2n) is 5.03. The average molecular weight is 281 g/mol. The maximum atomic E-state index is 11.7. The van der Waals surface area contributed by atoms with Crippen LogP contribution in [0.2, 0.25) is 0 Å². The summed E-state index contributed by atoms with van der Waals surface area (Å²) in [5.41, 5.74) is 2.49. The summed E-state index contributed by atoms with van der Waals surface area (Å²) < 4.78 is 0. The van der Waals surface area contributed by atoms with Gasteiger partial charge in [0.15, 0.2) is 0 Å². The molecule has 0 saturated heterocycles. The van der Waals surface area contributed by atoms with E-state index in [4.69, 9.17) is 0 Å². The molecule has 0 saturated carbocycles. The number of aliphatic hydroxyl groups is 1. The zero-order valence-electron chi connectivity index (χ0n) is 11.8. The number of thioether (sulfide) groups is 1. The van der Waals surface area contributed by atoms with Gasteiger partial charge >= 0.3 is 0 Å². The molecule has 1 rings (SSSR count). The fourth-order valence-corrected chi connectivity index (χ4v) is 2.63. The van der Waals surface area contributed by atoms with Crippen LogP contribution in [0.1, 0.15) is 31.4 Å². The van der Waals surface area contributed by atoms with Crippen molar-refractivity contribution in [3.63, 3.8) is 0 Å². The maximum Gasteiger partial charge on any atom is 0.230 e. The largest absolute Gasteiger partial charge is 0.393 e. The number of aliphatic hydroxyl groups excluding tert-OH is 1. The van der Waals surface area contributed by atoms with Crippen LogP contribution in [0.25, 0.3) is 0 Å². The number of aryl methyl sites for hydroxylation is 1. The quantitative estimate of drug-likeness (QED) is 0.807. The van der Waals surface area contributed by atoms with Crippen LogP contribution in [0.4, 0.5) is 0 Å². The standard InChI is InChI=1S/C15H23NO2S/c1-11-4-6-14(7-5-11)9-19-10-15(18)16-12(2)8-13(3)17/h4-7,12-13,17H,8-10H2,1-3H3,(H,16,18). The summed E-state index contributed by atoms with van der Waals surface area (Å²) in [6.07, 6.45) is 0.212. The molecule has 0 fully saturated rings. The van der Waals surface area contributed by atoms with Crippen molar-refractivity contribution in [3.8, 4) is 0 Å². The molecule has 4 heteroatoms. The van der Waals surface area contributed by atoms with Crippen LogP contribution in [0, 0.1) is 6.92 Å². The second kappa shape index (κ2) is 8.23. The first-order chi connectivity index (χ1) is 8.97. The Morgan fingerprint density at radius 3 is 2.53 bits per heavy atom. The minimum absolute atomic E-state index is 0.0208. The smallest absolute Gasteiger partial charge is 0.230 e. The van der Waals surface area contributed by atoms with Crippen molar-refractivity contribution in [1.82, 2.24) is 5.32 Å². The molecule has 1 amide bonds. The van der Waals surface area contributed by atoms with Crippen LogP contribution in [0.5, 0.6) is 0 Å². The molecule has 2 unspecified atom stereocenters. The Morgan fingerprint density at radius 1 is 1.32 bits per heavy atom. The van der Waals surface area contributed by atoms with Gasteiger partial charge < -0.3 is 10.4 Å². The van der Waals surface area contributed by atoms with Gasteiger partial charge in [0.1, 0.15) is 0 Å². The lowest BCUT2D eigenvalue weighted by atomic mass is 10.1. The Labute approximate surface area is 119 Å². The van der Waals surface area contributed by atoms with E-state index in [2.05, 4.69) is 36.5 Å². The molecule has 2 N–H and O–H groups in total. The van der Waals surface area contributed by atoms with Gasteiger partial charge in [-0.25, -0.2) is 0 Å². The predicted octanol–water partition coefficient (Wildman–Crippen LogP) is 2.50. The van der Waals surface area contributed by atoms with Gasteiger partial charge in [0, 0.05) is 11.8 Å². The first-order valence-electron chi connectivity index (χ1n) is 6.58. The third kappa shape index (κ3) is 7.23. The molecule has 0 bridgehead atoms. The molecular weight excluding hydrogens is 258 g/mol. The highest BCUT2D eigenvalue weighted by molar-refractivity contribution is 7.99. The van der Waals surface area contributed by atoms with E-state index in [0.717, 1.165) is 5.75 Å². The SMILES string of the molecule is Cc1ccc(CSCC(=O)NC(C)CC(C)O)cc1. The van der Waals surface area contributed by atoms with Crippen LogP contribution < -0.4 is 5.32 Å². The number of carbonyl (C=O) groups is 1. The zero-order chi connectivity index (χ0) is 14.3. The molecule has 1 aromatic carbocycles. The number of nitrogens with one attached hydrogen (secondary N) is 1. The Morgan fingerprint density at radius 2 is 1.95 bits per heavy atom. The van der Waals surface area contributed by atoms with Crippen molar-refractivity contribution >= 4 is 17.7 Å². The highest BCUT2D eigenvalue weighted by Crippen LogP contribution is 2.12. The van der Waals surface area contributed by atoms with Crippen molar-refractivity contribution in [3.05, 3.63) is 35.4 Å². The first-order valence-corrected chi connectivity index (χ1v) is 7.73. The van der Waals surface area contributed by atoms with Crippen LogP contribution in [-0.2, 0) is 10.5 Å². The first kappa shape index (κ1) is 16.1. The molecule has 0 aliphatic carbocycles. The van der Waals surface area contributed by atoms with Crippen LogP contribution in [0.15, 0.2) is 24.3 Å². The van der Waals surface area contributed by atoms with E-state index in [1.807, 2.05) is 6.92 Å². The van der Waals surface area contributed by atoms with Gasteiger partial charge in [-0.05, 0) is 32.8 Å². The number of hydrogen-bond donors (Lipinski definition) is 2. The molecule has 0 aliphatic heterocycles. The number of benzene rings is 1. The van der Waals surface area contributed by atoms with Crippen molar-refractivity contribution in [2.45, 2.75) is 45.1 Å². The fourth-order valence-electron chi connectivity index (χ4n) is 1.83. The van der Waals surface area contributed by atoms with Gasteiger partial charge in [-0.15, -0.1) is 11.8 Å². The van der Waals surface area contributed by atoms with Gasteiger partial charge in [-0.3, -0.25) is 4.79 Å². The number of amides is 1. The predicted molar refractivity (Wildman–Crippen MR) is 81.2 cm³/mol. The summed E-state index contributed by atoms with van der Waals surface area (Å²) >= 11 is 1.61. The van der Waals surface area contributed by atoms with E-state index in [0.29, 0.717) is 12.2 Å². The summed E-state index contributed by atoms with van der Waals surface area (Å²) in [5.74, 6) is 1.33. The maximum absolute atomic E-state index is 11.7. The molecule has 2 atom stereocenters. The van der Waals surface area contributed by atoms with Gasteiger partial charge in [-0.1, -0.05) is 29.8 Å². The lowest BCUT2D eigenvalue weighted by Gasteiger charge is -2.15. The van der Waals surface area contributed by atoms with Gasteiger partial charge in [0.05, 0.1) is 11.9 Å². The topological polar surface area (TPSA) is 49.3 Å². The molecule has 0 aromatic heterocycles. The lowest BCUT2D eigenvalue weighted by Crippen LogP contribution is -2.35. The van der Waals surface area contributed by atoms with Crippen molar-refractivity contribution in [2.24, 2.45) is 0 Å². The van der Waals surface area contributed by atoms with Crippen LogP contribution in [0.3, 0.4) is 0 Å².